The Morgan fingerprint density at radius 2 is 2.08 bits per heavy atom. The van der Waals surface area contributed by atoms with Crippen molar-refractivity contribution in [3.8, 4) is 11.5 Å². The van der Waals surface area contributed by atoms with Crippen molar-refractivity contribution in [1.82, 2.24) is 10.2 Å². The summed E-state index contributed by atoms with van der Waals surface area (Å²) >= 11 is 0. The van der Waals surface area contributed by atoms with Crippen LogP contribution in [0.1, 0.15) is 25.8 Å². The van der Waals surface area contributed by atoms with Crippen LogP contribution in [0.3, 0.4) is 0 Å². The molecule has 146 valence electrons. The van der Waals surface area contributed by atoms with Crippen LogP contribution in [0.25, 0.3) is 0 Å². The van der Waals surface area contributed by atoms with E-state index in [2.05, 4.69) is 24.1 Å². The van der Waals surface area contributed by atoms with Gasteiger partial charge in [0.05, 0.1) is 26.9 Å². The molecule has 1 aromatic carbocycles. The lowest BCUT2D eigenvalue weighted by atomic mass is 10.1. The molecule has 2 rings (SSSR count). The zero-order valence-electron chi connectivity index (χ0n) is 16.4. The molecule has 1 saturated heterocycles. The van der Waals surface area contributed by atoms with Gasteiger partial charge in [-0.2, -0.15) is 0 Å². The Bertz CT molecular complexity index is 577. The molecule has 0 radical (unpaired) electrons. The average molecular weight is 364 g/mol. The molecule has 0 saturated carbocycles. The van der Waals surface area contributed by atoms with Gasteiger partial charge in [-0.25, -0.2) is 0 Å². The Morgan fingerprint density at radius 1 is 1.31 bits per heavy atom. The summed E-state index contributed by atoms with van der Waals surface area (Å²) < 4.78 is 16.3. The predicted octanol–water partition coefficient (Wildman–Crippen LogP) is 2.11. The van der Waals surface area contributed by atoms with E-state index in [9.17, 15) is 4.79 Å². The number of amides is 1. The van der Waals surface area contributed by atoms with Gasteiger partial charge in [-0.3, -0.25) is 9.69 Å². The Kier molecular flexibility index (Phi) is 8.19. The maximum atomic E-state index is 12.2. The van der Waals surface area contributed by atoms with Gasteiger partial charge in [0, 0.05) is 32.6 Å². The van der Waals surface area contributed by atoms with Gasteiger partial charge in [0.1, 0.15) is 0 Å². The molecule has 1 unspecified atom stereocenters. The number of ether oxygens (including phenoxy) is 3. The van der Waals surface area contributed by atoms with Crippen molar-refractivity contribution >= 4 is 5.91 Å². The number of methoxy groups -OCH3 is 2. The van der Waals surface area contributed by atoms with Crippen molar-refractivity contribution in [2.45, 2.75) is 32.8 Å². The summed E-state index contributed by atoms with van der Waals surface area (Å²) in [7, 11) is 3.22. The molecule has 0 bridgehead atoms. The fourth-order valence-corrected chi connectivity index (χ4v) is 3.20. The van der Waals surface area contributed by atoms with Crippen molar-refractivity contribution in [3.05, 3.63) is 23.8 Å². The lowest BCUT2D eigenvalue weighted by Crippen LogP contribution is -2.48. The second kappa shape index (κ2) is 10.4. The van der Waals surface area contributed by atoms with Gasteiger partial charge in [-0.1, -0.05) is 19.9 Å². The minimum atomic E-state index is 0.0457. The van der Waals surface area contributed by atoms with Crippen LogP contribution in [-0.4, -0.2) is 63.9 Å². The molecular weight excluding hydrogens is 332 g/mol. The van der Waals surface area contributed by atoms with E-state index in [0.29, 0.717) is 36.8 Å². The Labute approximate surface area is 156 Å². The molecule has 6 nitrogen and oxygen atoms in total. The molecule has 1 aliphatic heterocycles. The molecule has 1 fully saturated rings. The van der Waals surface area contributed by atoms with E-state index in [1.54, 1.807) is 14.2 Å². The third-order valence-electron chi connectivity index (χ3n) is 4.46. The summed E-state index contributed by atoms with van der Waals surface area (Å²) in [6.45, 7) is 8.68. The maximum Gasteiger partial charge on any atom is 0.220 e. The maximum absolute atomic E-state index is 12.2. The second-order valence-corrected chi connectivity index (χ2v) is 7.14. The van der Waals surface area contributed by atoms with Gasteiger partial charge in [0.15, 0.2) is 11.5 Å². The number of carbonyl (C=O) groups is 1. The number of benzene rings is 1. The fourth-order valence-electron chi connectivity index (χ4n) is 3.20. The first-order chi connectivity index (χ1) is 12.5. The normalized spacial score (nSPS) is 18.0. The van der Waals surface area contributed by atoms with Gasteiger partial charge < -0.3 is 19.5 Å². The van der Waals surface area contributed by atoms with Crippen LogP contribution < -0.4 is 14.8 Å². The van der Waals surface area contributed by atoms with E-state index in [-0.39, 0.29) is 12.0 Å². The van der Waals surface area contributed by atoms with Crippen molar-refractivity contribution < 1.29 is 19.0 Å². The van der Waals surface area contributed by atoms with Gasteiger partial charge in [0.2, 0.25) is 5.91 Å². The van der Waals surface area contributed by atoms with E-state index >= 15 is 0 Å². The minimum absolute atomic E-state index is 0.0457. The molecule has 1 aromatic rings. The molecule has 26 heavy (non-hydrogen) atoms. The quantitative estimate of drug-likeness (QED) is 0.727. The average Bonchev–Trinajstić information content (AvgIpc) is 2.64. The van der Waals surface area contributed by atoms with Gasteiger partial charge in [0.25, 0.3) is 0 Å². The smallest absolute Gasteiger partial charge is 0.220 e. The summed E-state index contributed by atoms with van der Waals surface area (Å²) in [5.74, 6) is 2.07. The molecule has 1 aliphatic rings. The van der Waals surface area contributed by atoms with Crippen molar-refractivity contribution in [2.24, 2.45) is 5.92 Å². The van der Waals surface area contributed by atoms with Crippen LogP contribution in [0, 0.1) is 5.92 Å². The van der Waals surface area contributed by atoms with Gasteiger partial charge in [-0.15, -0.1) is 0 Å². The van der Waals surface area contributed by atoms with E-state index in [4.69, 9.17) is 14.2 Å². The first-order valence-corrected chi connectivity index (χ1v) is 9.33. The van der Waals surface area contributed by atoms with Crippen LogP contribution in [0.15, 0.2) is 18.2 Å². The zero-order valence-corrected chi connectivity index (χ0v) is 16.4. The Morgan fingerprint density at radius 3 is 2.77 bits per heavy atom. The van der Waals surface area contributed by atoms with Crippen LogP contribution >= 0.6 is 0 Å². The molecule has 1 atom stereocenters. The van der Waals surface area contributed by atoms with Crippen LogP contribution in [0.4, 0.5) is 0 Å². The number of carbonyl (C=O) groups excluding carboxylic acids is 1. The van der Waals surface area contributed by atoms with E-state index < -0.39 is 0 Å². The highest BCUT2D eigenvalue weighted by molar-refractivity contribution is 5.76. The third kappa shape index (κ3) is 6.50. The van der Waals surface area contributed by atoms with Crippen LogP contribution in [0.2, 0.25) is 0 Å². The number of hydrogen-bond acceptors (Lipinski definition) is 5. The lowest BCUT2D eigenvalue weighted by molar-refractivity contribution is -0.122. The number of hydrogen-bond donors (Lipinski definition) is 1. The summed E-state index contributed by atoms with van der Waals surface area (Å²) in [4.78, 5) is 14.6. The first kappa shape index (κ1) is 20.5. The molecule has 6 heteroatoms. The monoisotopic (exact) mass is 364 g/mol. The lowest BCUT2D eigenvalue weighted by Gasteiger charge is -2.33. The number of aryl methyl sites for hydroxylation is 1. The van der Waals surface area contributed by atoms with Crippen molar-refractivity contribution in [2.75, 3.05) is 47.0 Å². The first-order valence-electron chi connectivity index (χ1n) is 9.33. The molecule has 1 heterocycles. The van der Waals surface area contributed by atoms with Crippen molar-refractivity contribution in [1.29, 1.82) is 0 Å². The zero-order chi connectivity index (χ0) is 18.9. The van der Waals surface area contributed by atoms with Crippen LogP contribution in [0.5, 0.6) is 11.5 Å². The molecule has 0 aliphatic carbocycles. The molecule has 0 aromatic heterocycles. The van der Waals surface area contributed by atoms with E-state index in [0.717, 1.165) is 31.8 Å². The highest BCUT2D eigenvalue weighted by Crippen LogP contribution is 2.27. The van der Waals surface area contributed by atoms with Crippen molar-refractivity contribution in [3.63, 3.8) is 0 Å². The minimum Gasteiger partial charge on any atom is -0.493 e. The largest absolute Gasteiger partial charge is 0.493 e. The fraction of sp³-hybridized carbons (Fsp3) is 0.650. The standard InChI is InChI=1S/C20H32N2O4/c1-15(2)13-22-9-10-26-17(14-22)12-21-20(23)8-6-16-5-7-18(24-3)19(11-16)25-4/h5,7,11,15,17H,6,8-10,12-14H2,1-4H3,(H,21,23). The van der Waals surface area contributed by atoms with Gasteiger partial charge >= 0.3 is 0 Å². The second-order valence-electron chi connectivity index (χ2n) is 7.14. The molecule has 0 spiro atoms. The summed E-state index contributed by atoms with van der Waals surface area (Å²) in [5.41, 5.74) is 1.05. The van der Waals surface area contributed by atoms with E-state index in [1.807, 2.05) is 18.2 Å². The number of morpholine rings is 1. The summed E-state index contributed by atoms with van der Waals surface area (Å²) in [6, 6.07) is 5.74. The highest BCUT2D eigenvalue weighted by atomic mass is 16.5. The Hall–Kier alpha value is -1.79. The third-order valence-corrected chi connectivity index (χ3v) is 4.46. The van der Waals surface area contributed by atoms with Gasteiger partial charge in [-0.05, 0) is 30.0 Å². The SMILES string of the molecule is COc1ccc(CCC(=O)NCC2CN(CC(C)C)CCO2)cc1OC. The topological polar surface area (TPSA) is 60.0 Å². The number of nitrogens with one attached hydrogen (secondary N) is 1. The number of nitrogens with zero attached hydrogens (tertiary/aromatic N) is 1. The number of rotatable bonds is 9. The van der Waals surface area contributed by atoms with E-state index in [1.165, 1.54) is 0 Å². The Balaban J connectivity index is 1.73. The predicted molar refractivity (Wildman–Crippen MR) is 102 cm³/mol. The van der Waals surface area contributed by atoms with Crippen LogP contribution in [-0.2, 0) is 16.0 Å². The summed E-state index contributed by atoms with van der Waals surface area (Å²) in [5, 5.41) is 3.00. The highest BCUT2D eigenvalue weighted by Gasteiger charge is 2.21. The molecule has 1 N–H and O–H groups in total. The molecule has 1 amide bonds. The summed E-state index contributed by atoms with van der Waals surface area (Å²) in [6.07, 6.45) is 1.18. The molecular formula is C20H32N2O4.